The van der Waals surface area contributed by atoms with Gasteiger partial charge in [-0.2, -0.15) is 0 Å². The Morgan fingerprint density at radius 1 is 1.33 bits per heavy atom. The summed E-state index contributed by atoms with van der Waals surface area (Å²) in [7, 11) is -2.37. The number of rotatable bonds is 3. The van der Waals surface area contributed by atoms with Gasteiger partial charge in [-0.3, -0.25) is 9.52 Å². The van der Waals surface area contributed by atoms with Gasteiger partial charge in [0.15, 0.2) is 0 Å². The van der Waals surface area contributed by atoms with Crippen LogP contribution in [0.5, 0.6) is 0 Å². The summed E-state index contributed by atoms with van der Waals surface area (Å²) in [6, 6.07) is 5.37. The SMILES string of the molecule is Cn1cc(NS(=O)(=O)c2cc(Cl)cc(N)c2Br)ccc1=O. The maximum atomic E-state index is 12.4. The van der Waals surface area contributed by atoms with Gasteiger partial charge in [-0.05, 0) is 34.1 Å². The smallest absolute Gasteiger partial charge is 0.263 e. The molecule has 0 atom stereocenters. The van der Waals surface area contributed by atoms with Gasteiger partial charge in [0.25, 0.3) is 10.0 Å². The molecule has 0 spiro atoms. The summed E-state index contributed by atoms with van der Waals surface area (Å²) in [5.41, 5.74) is 5.91. The highest BCUT2D eigenvalue weighted by Gasteiger charge is 2.20. The molecular formula is C12H11BrClN3O3S. The first-order chi connectivity index (χ1) is 9.70. The van der Waals surface area contributed by atoms with Crippen LogP contribution in [0.4, 0.5) is 11.4 Å². The minimum absolute atomic E-state index is 0.0821. The third-order valence-electron chi connectivity index (χ3n) is 2.66. The summed E-state index contributed by atoms with van der Waals surface area (Å²) in [4.78, 5) is 11.2. The van der Waals surface area contributed by atoms with Crippen molar-refractivity contribution in [3.05, 3.63) is 50.3 Å². The van der Waals surface area contributed by atoms with Gasteiger partial charge in [0.05, 0.1) is 10.2 Å². The van der Waals surface area contributed by atoms with Crippen LogP contribution in [0, 0.1) is 0 Å². The van der Waals surface area contributed by atoms with Crippen molar-refractivity contribution >= 4 is 48.9 Å². The summed E-state index contributed by atoms with van der Waals surface area (Å²) in [6.07, 6.45) is 1.38. The molecule has 1 aromatic carbocycles. The Labute approximate surface area is 134 Å². The number of sulfonamides is 1. The Morgan fingerprint density at radius 2 is 2.00 bits per heavy atom. The molecule has 0 bridgehead atoms. The van der Waals surface area contributed by atoms with Crippen molar-refractivity contribution in [1.29, 1.82) is 0 Å². The van der Waals surface area contributed by atoms with Crippen molar-refractivity contribution in [3.63, 3.8) is 0 Å². The lowest BCUT2D eigenvalue weighted by atomic mass is 10.3. The molecule has 112 valence electrons. The molecule has 0 radical (unpaired) electrons. The number of hydrogen-bond acceptors (Lipinski definition) is 4. The molecule has 0 aliphatic heterocycles. The molecule has 0 aliphatic carbocycles. The molecule has 0 amide bonds. The second-order valence-corrected chi connectivity index (χ2v) is 7.16. The molecule has 21 heavy (non-hydrogen) atoms. The largest absolute Gasteiger partial charge is 0.398 e. The van der Waals surface area contributed by atoms with E-state index in [9.17, 15) is 13.2 Å². The van der Waals surface area contributed by atoms with Gasteiger partial charge in [0.1, 0.15) is 4.90 Å². The van der Waals surface area contributed by atoms with E-state index in [1.807, 2.05) is 0 Å². The van der Waals surface area contributed by atoms with Crippen LogP contribution in [0.3, 0.4) is 0 Å². The minimum Gasteiger partial charge on any atom is -0.398 e. The zero-order chi connectivity index (χ0) is 15.8. The van der Waals surface area contributed by atoms with Crippen LogP contribution in [-0.4, -0.2) is 13.0 Å². The molecule has 1 aromatic heterocycles. The molecule has 0 saturated heterocycles. The minimum atomic E-state index is -3.90. The van der Waals surface area contributed by atoms with E-state index in [1.165, 1.54) is 42.1 Å². The topological polar surface area (TPSA) is 94.2 Å². The maximum Gasteiger partial charge on any atom is 0.263 e. The molecule has 0 unspecified atom stereocenters. The zero-order valence-electron chi connectivity index (χ0n) is 10.8. The molecule has 0 fully saturated rings. The molecule has 0 aliphatic rings. The second kappa shape index (κ2) is 5.70. The number of nitrogens with zero attached hydrogens (tertiary/aromatic N) is 1. The number of hydrogen-bond donors (Lipinski definition) is 2. The van der Waals surface area contributed by atoms with Crippen LogP contribution in [0.1, 0.15) is 0 Å². The average Bonchev–Trinajstić information content (AvgIpc) is 2.37. The van der Waals surface area contributed by atoms with Gasteiger partial charge in [-0.1, -0.05) is 11.6 Å². The van der Waals surface area contributed by atoms with Gasteiger partial charge in [-0.15, -0.1) is 0 Å². The maximum absolute atomic E-state index is 12.4. The van der Waals surface area contributed by atoms with Gasteiger partial charge < -0.3 is 10.3 Å². The molecule has 0 saturated carbocycles. The standard InChI is InChI=1S/C12H11BrClN3O3S/c1-17-6-8(2-3-11(17)18)16-21(19,20)10-5-7(14)4-9(15)12(10)13/h2-6,16H,15H2,1H3. The summed E-state index contributed by atoms with van der Waals surface area (Å²) in [5, 5.41) is 0.205. The average molecular weight is 393 g/mol. The van der Waals surface area contributed by atoms with Gasteiger partial charge >= 0.3 is 0 Å². The first kappa shape index (κ1) is 15.9. The predicted octanol–water partition coefficient (Wildman–Crippen LogP) is 2.18. The second-order valence-electron chi connectivity index (χ2n) is 4.28. The van der Waals surface area contributed by atoms with E-state index in [0.29, 0.717) is 0 Å². The lowest BCUT2D eigenvalue weighted by Crippen LogP contribution is -2.18. The molecule has 9 heteroatoms. The van der Waals surface area contributed by atoms with Crippen molar-refractivity contribution in [2.24, 2.45) is 7.05 Å². The molecule has 3 N–H and O–H groups in total. The van der Waals surface area contributed by atoms with Crippen molar-refractivity contribution in [2.75, 3.05) is 10.5 Å². The van der Waals surface area contributed by atoms with Gasteiger partial charge in [0.2, 0.25) is 5.56 Å². The third-order valence-corrected chi connectivity index (χ3v) is 5.43. The van der Waals surface area contributed by atoms with E-state index in [2.05, 4.69) is 20.7 Å². The van der Waals surface area contributed by atoms with Crippen molar-refractivity contribution in [2.45, 2.75) is 4.90 Å². The number of aromatic nitrogens is 1. The van der Waals surface area contributed by atoms with Crippen LogP contribution in [0.25, 0.3) is 0 Å². The summed E-state index contributed by atoms with van der Waals surface area (Å²) in [5.74, 6) is 0. The van der Waals surface area contributed by atoms with E-state index in [1.54, 1.807) is 0 Å². The van der Waals surface area contributed by atoms with E-state index in [4.69, 9.17) is 17.3 Å². The quantitative estimate of drug-likeness (QED) is 0.783. The van der Waals surface area contributed by atoms with Crippen LogP contribution in [0.2, 0.25) is 5.02 Å². The fourth-order valence-electron chi connectivity index (χ4n) is 1.64. The Bertz CT molecular complexity index is 865. The lowest BCUT2D eigenvalue weighted by molar-refractivity contribution is 0.600. The van der Waals surface area contributed by atoms with Gasteiger partial charge in [0, 0.05) is 30.0 Å². The monoisotopic (exact) mass is 391 g/mol. The normalized spacial score (nSPS) is 11.4. The number of anilines is 2. The third kappa shape index (κ3) is 3.39. The molecule has 2 rings (SSSR count). The van der Waals surface area contributed by atoms with Crippen molar-refractivity contribution in [3.8, 4) is 0 Å². The molecule has 2 aromatic rings. The number of aryl methyl sites for hydroxylation is 1. The first-order valence-electron chi connectivity index (χ1n) is 5.65. The van der Waals surface area contributed by atoms with Crippen LogP contribution >= 0.6 is 27.5 Å². The van der Waals surface area contributed by atoms with Crippen LogP contribution in [0.15, 0.2) is 44.6 Å². The number of nitrogens with one attached hydrogen (secondary N) is 1. The van der Waals surface area contributed by atoms with E-state index >= 15 is 0 Å². The highest BCUT2D eigenvalue weighted by Crippen LogP contribution is 2.32. The van der Waals surface area contributed by atoms with E-state index in [-0.39, 0.29) is 31.3 Å². The number of nitrogens with two attached hydrogens (primary N) is 1. The number of nitrogen functional groups attached to an aromatic ring is 1. The van der Waals surface area contributed by atoms with Crippen molar-refractivity contribution in [1.82, 2.24) is 4.57 Å². The van der Waals surface area contributed by atoms with Crippen LogP contribution in [-0.2, 0) is 17.1 Å². The number of halogens is 2. The summed E-state index contributed by atoms with van der Waals surface area (Å²) in [6.45, 7) is 0. The van der Waals surface area contributed by atoms with Crippen molar-refractivity contribution < 1.29 is 8.42 Å². The predicted molar refractivity (Wildman–Crippen MR) is 86.1 cm³/mol. The summed E-state index contributed by atoms with van der Waals surface area (Å²) < 4.78 is 28.6. The Kier molecular flexibility index (Phi) is 4.31. The fourth-order valence-corrected chi connectivity index (χ4v) is 3.98. The number of benzene rings is 1. The molecule has 6 nitrogen and oxygen atoms in total. The Balaban J connectivity index is 2.48. The molecular weight excluding hydrogens is 382 g/mol. The fraction of sp³-hybridized carbons (Fsp3) is 0.0833. The van der Waals surface area contributed by atoms with E-state index in [0.717, 1.165) is 0 Å². The summed E-state index contributed by atoms with van der Waals surface area (Å²) >= 11 is 8.97. The highest BCUT2D eigenvalue weighted by molar-refractivity contribution is 9.10. The lowest BCUT2D eigenvalue weighted by Gasteiger charge is -2.12. The van der Waals surface area contributed by atoms with Gasteiger partial charge in [-0.25, -0.2) is 8.42 Å². The molecule has 1 heterocycles. The van der Waals surface area contributed by atoms with E-state index < -0.39 is 10.0 Å². The van der Waals surface area contributed by atoms with Crippen LogP contribution < -0.4 is 16.0 Å². The Hall–Kier alpha value is -1.51. The number of pyridine rings is 1. The zero-order valence-corrected chi connectivity index (χ0v) is 14.0. The Morgan fingerprint density at radius 3 is 2.62 bits per heavy atom. The first-order valence-corrected chi connectivity index (χ1v) is 8.30. The highest BCUT2D eigenvalue weighted by atomic mass is 79.9.